The lowest BCUT2D eigenvalue weighted by atomic mass is 10.1. The fourth-order valence-corrected chi connectivity index (χ4v) is 2.83. The lowest BCUT2D eigenvalue weighted by Crippen LogP contribution is -2.04. The van der Waals surface area contributed by atoms with E-state index >= 15 is 0 Å². The molecule has 0 bridgehead atoms. The molecule has 25 heavy (non-hydrogen) atoms. The molecular weight excluding hydrogens is 410 g/mol. The summed E-state index contributed by atoms with van der Waals surface area (Å²) in [7, 11) is 1.61. The molecule has 2 aromatic rings. The van der Waals surface area contributed by atoms with Crippen LogP contribution in [0.5, 0.6) is 16.7 Å². The largest absolute Gasteiger partial charge is 0.491 e. The number of benzene rings is 1. The molecular formula is C17H18BrNO5S. The second kappa shape index (κ2) is 10.2. The number of hydrogen-bond donors (Lipinski definition) is 0. The Balaban J connectivity index is 2.21. The van der Waals surface area contributed by atoms with Crippen LogP contribution in [0.2, 0.25) is 0 Å². The molecule has 2 rings (SSSR count). The van der Waals surface area contributed by atoms with Gasteiger partial charge in [-0.2, -0.15) is 0 Å². The third-order valence-electron chi connectivity index (χ3n) is 2.88. The standard InChI is InChI=1S/C17H18BrNO5S/c1-3-22-16(20)7-5-12-4-6-13(23-9-8-21-2)10-14(12)24-17-19-11-15(18)25-17/h4-7,10-11H,3,8-9H2,1-2H3/b7-5+. The molecule has 0 spiro atoms. The Hall–Kier alpha value is -1.90. The summed E-state index contributed by atoms with van der Waals surface area (Å²) in [6.07, 6.45) is 4.65. The number of carbonyl (C=O) groups excluding carboxylic acids is 1. The molecule has 0 saturated heterocycles. The summed E-state index contributed by atoms with van der Waals surface area (Å²) >= 11 is 4.71. The minimum Gasteiger partial charge on any atom is -0.491 e. The number of methoxy groups -OCH3 is 1. The number of aromatic nitrogens is 1. The maximum absolute atomic E-state index is 11.5. The topological polar surface area (TPSA) is 66.9 Å². The average molecular weight is 428 g/mol. The molecule has 6 nitrogen and oxygen atoms in total. The van der Waals surface area contributed by atoms with Crippen LogP contribution in [-0.4, -0.2) is 37.9 Å². The van der Waals surface area contributed by atoms with Gasteiger partial charge in [-0.05, 0) is 41.1 Å². The van der Waals surface area contributed by atoms with Gasteiger partial charge in [0.2, 0.25) is 0 Å². The van der Waals surface area contributed by atoms with Crippen molar-refractivity contribution in [2.75, 3.05) is 26.9 Å². The van der Waals surface area contributed by atoms with E-state index in [-0.39, 0.29) is 0 Å². The molecule has 0 atom stereocenters. The highest BCUT2D eigenvalue weighted by Crippen LogP contribution is 2.34. The number of rotatable bonds is 9. The van der Waals surface area contributed by atoms with E-state index in [0.29, 0.717) is 42.1 Å². The number of carbonyl (C=O) groups is 1. The number of ether oxygens (including phenoxy) is 4. The molecule has 0 fully saturated rings. The van der Waals surface area contributed by atoms with Crippen molar-refractivity contribution in [3.8, 4) is 16.7 Å². The summed E-state index contributed by atoms with van der Waals surface area (Å²) in [5.41, 5.74) is 0.707. The van der Waals surface area contributed by atoms with E-state index in [1.807, 2.05) is 0 Å². The summed E-state index contributed by atoms with van der Waals surface area (Å²) < 4.78 is 22.2. The van der Waals surface area contributed by atoms with Gasteiger partial charge in [0.05, 0.1) is 23.2 Å². The van der Waals surface area contributed by atoms with Crippen LogP contribution in [0.1, 0.15) is 12.5 Å². The predicted molar refractivity (Wildman–Crippen MR) is 99.4 cm³/mol. The number of thiazole rings is 1. The minimum atomic E-state index is -0.411. The second-order valence-corrected chi connectivity index (χ2v) is 7.03. The van der Waals surface area contributed by atoms with E-state index in [1.54, 1.807) is 44.5 Å². The van der Waals surface area contributed by atoms with Crippen molar-refractivity contribution in [2.45, 2.75) is 6.92 Å². The van der Waals surface area contributed by atoms with Crippen molar-refractivity contribution in [1.82, 2.24) is 4.98 Å². The molecule has 0 saturated carbocycles. The Bertz CT molecular complexity index is 732. The molecule has 0 aliphatic heterocycles. The number of hydrogen-bond acceptors (Lipinski definition) is 7. The highest BCUT2D eigenvalue weighted by Gasteiger charge is 2.09. The molecule has 0 N–H and O–H groups in total. The van der Waals surface area contributed by atoms with Crippen molar-refractivity contribution in [3.05, 3.63) is 39.8 Å². The highest BCUT2D eigenvalue weighted by molar-refractivity contribution is 9.11. The molecule has 8 heteroatoms. The monoisotopic (exact) mass is 427 g/mol. The van der Waals surface area contributed by atoms with Crippen LogP contribution in [0.3, 0.4) is 0 Å². The third-order valence-corrected chi connectivity index (χ3v) is 4.23. The van der Waals surface area contributed by atoms with Gasteiger partial charge in [-0.1, -0.05) is 11.3 Å². The van der Waals surface area contributed by atoms with Gasteiger partial charge in [-0.3, -0.25) is 0 Å². The van der Waals surface area contributed by atoms with Crippen molar-refractivity contribution < 1.29 is 23.7 Å². The minimum absolute atomic E-state index is 0.325. The first-order valence-corrected chi connectivity index (χ1v) is 9.13. The van der Waals surface area contributed by atoms with Gasteiger partial charge in [0.1, 0.15) is 18.1 Å². The fourth-order valence-electron chi connectivity index (χ4n) is 1.80. The molecule has 0 aliphatic rings. The van der Waals surface area contributed by atoms with Crippen molar-refractivity contribution in [3.63, 3.8) is 0 Å². The van der Waals surface area contributed by atoms with Crippen molar-refractivity contribution >= 4 is 39.3 Å². The molecule has 1 aromatic heterocycles. The zero-order valence-corrected chi connectivity index (χ0v) is 16.3. The Kier molecular flexibility index (Phi) is 7.90. The van der Waals surface area contributed by atoms with E-state index in [9.17, 15) is 4.79 Å². The Morgan fingerprint density at radius 2 is 2.20 bits per heavy atom. The van der Waals surface area contributed by atoms with Gasteiger partial charge in [-0.15, -0.1) is 0 Å². The lowest BCUT2D eigenvalue weighted by molar-refractivity contribution is -0.137. The Morgan fingerprint density at radius 3 is 2.88 bits per heavy atom. The predicted octanol–water partition coefficient (Wildman–Crippen LogP) is 4.30. The van der Waals surface area contributed by atoms with Gasteiger partial charge in [0.25, 0.3) is 5.19 Å². The molecule has 0 unspecified atom stereocenters. The van der Waals surface area contributed by atoms with E-state index in [4.69, 9.17) is 18.9 Å². The quantitative estimate of drug-likeness (QED) is 0.337. The van der Waals surface area contributed by atoms with Crippen LogP contribution < -0.4 is 9.47 Å². The van der Waals surface area contributed by atoms with Gasteiger partial charge in [0.15, 0.2) is 0 Å². The SMILES string of the molecule is CCOC(=O)/C=C/c1ccc(OCCOC)cc1Oc1ncc(Br)s1. The van der Waals surface area contributed by atoms with E-state index in [2.05, 4.69) is 20.9 Å². The summed E-state index contributed by atoms with van der Waals surface area (Å²) in [5, 5.41) is 0.478. The normalized spacial score (nSPS) is 10.8. The zero-order chi connectivity index (χ0) is 18.1. The average Bonchev–Trinajstić information content (AvgIpc) is 2.99. The van der Waals surface area contributed by atoms with Crippen LogP contribution in [0.25, 0.3) is 6.08 Å². The Labute approximate surface area is 158 Å². The maximum atomic E-state index is 11.5. The Morgan fingerprint density at radius 1 is 1.36 bits per heavy atom. The maximum Gasteiger partial charge on any atom is 0.330 e. The third kappa shape index (κ3) is 6.49. The van der Waals surface area contributed by atoms with Gasteiger partial charge in [0, 0.05) is 24.8 Å². The zero-order valence-electron chi connectivity index (χ0n) is 13.9. The smallest absolute Gasteiger partial charge is 0.330 e. The lowest BCUT2D eigenvalue weighted by Gasteiger charge is -2.10. The molecule has 0 aliphatic carbocycles. The van der Waals surface area contributed by atoms with E-state index in [1.165, 1.54) is 17.4 Å². The first kappa shape index (κ1) is 19.4. The first-order valence-electron chi connectivity index (χ1n) is 7.52. The van der Waals surface area contributed by atoms with Crippen LogP contribution in [0, 0.1) is 0 Å². The molecule has 1 aromatic carbocycles. The summed E-state index contributed by atoms with van der Waals surface area (Å²) in [6, 6.07) is 5.34. The highest BCUT2D eigenvalue weighted by atomic mass is 79.9. The number of esters is 1. The van der Waals surface area contributed by atoms with Crippen LogP contribution >= 0.6 is 27.3 Å². The van der Waals surface area contributed by atoms with Crippen LogP contribution in [0.4, 0.5) is 0 Å². The molecule has 0 radical (unpaired) electrons. The number of halogens is 1. The fraction of sp³-hybridized carbons (Fsp3) is 0.294. The van der Waals surface area contributed by atoms with E-state index < -0.39 is 5.97 Å². The van der Waals surface area contributed by atoms with Crippen LogP contribution in [-0.2, 0) is 14.3 Å². The van der Waals surface area contributed by atoms with Crippen molar-refractivity contribution in [2.24, 2.45) is 0 Å². The summed E-state index contributed by atoms with van der Waals surface area (Å²) in [5.74, 6) is 0.749. The van der Waals surface area contributed by atoms with Gasteiger partial charge < -0.3 is 18.9 Å². The second-order valence-electron chi connectivity index (χ2n) is 4.66. The summed E-state index contributed by atoms with van der Waals surface area (Å²) in [4.78, 5) is 15.7. The number of nitrogens with zero attached hydrogens (tertiary/aromatic N) is 1. The van der Waals surface area contributed by atoms with E-state index in [0.717, 1.165) is 3.79 Å². The first-order chi connectivity index (χ1) is 12.1. The molecule has 0 amide bonds. The molecule has 134 valence electrons. The molecule has 1 heterocycles. The van der Waals surface area contributed by atoms with Gasteiger partial charge in [-0.25, -0.2) is 9.78 Å². The van der Waals surface area contributed by atoms with Crippen molar-refractivity contribution in [1.29, 1.82) is 0 Å². The van der Waals surface area contributed by atoms with Gasteiger partial charge >= 0.3 is 5.97 Å². The summed E-state index contributed by atoms with van der Waals surface area (Å²) in [6.45, 7) is 3.00. The van der Waals surface area contributed by atoms with Crippen LogP contribution in [0.15, 0.2) is 34.3 Å².